The summed E-state index contributed by atoms with van der Waals surface area (Å²) in [6.07, 6.45) is 0. The Hall–Kier alpha value is -6.26. The van der Waals surface area contributed by atoms with Crippen molar-refractivity contribution < 1.29 is 8.83 Å². The first-order chi connectivity index (χ1) is 22.8. The predicted octanol–water partition coefficient (Wildman–Crippen LogP) is 11.7. The van der Waals surface area contributed by atoms with E-state index in [1.54, 1.807) is 0 Å². The number of hydrogen-bond acceptors (Lipinski definition) is 2. The molecule has 11 aromatic rings. The zero-order valence-electron chi connectivity index (χ0n) is 24.6. The number of fused-ring (bicyclic) bond motifs is 13. The predicted molar refractivity (Wildman–Crippen MR) is 190 cm³/mol. The minimum absolute atomic E-state index is 0.884. The van der Waals surface area contributed by atoms with E-state index in [1.807, 2.05) is 24.3 Å². The fraction of sp³-hybridized carbons (Fsp3) is 0. The van der Waals surface area contributed by atoms with Gasteiger partial charge < -0.3 is 18.0 Å². The first-order valence-electron chi connectivity index (χ1n) is 15.6. The van der Waals surface area contributed by atoms with Gasteiger partial charge in [-0.3, -0.25) is 0 Å². The molecular weight excluding hydrogens is 564 g/mol. The molecule has 0 unspecified atom stereocenters. The summed E-state index contributed by atoms with van der Waals surface area (Å²) in [6, 6.07) is 51.7. The molecule has 7 aromatic carbocycles. The van der Waals surface area contributed by atoms with Crippen LogP contribution in [-0.4, -0.2) is 9.13 Å². The van der Waals surface area contributed by atoms with Crippen LogP contribution in [0.1, 0.15) is 0 Å². The zero-order chi connectivity index (χ0) is 29.9. The number of aromatic nitrogens is 2. The van der Waals surface area contributed by atoms with E-state index < -0.39 is 0 Å². The summed E-state index contributed by atoms with van der Waals surface area (Å²) in [7, 11) is 0. The highest BCUT2D eigenvalue weighted by atomic mass is 16.3. The molecule has 0 saturated carbocycles. The molecule has 0 amide bonds. The highest BCUT2D eigenvalue weighted by Crippen LogP contribution is 2.43. The van der Waals surface area contributed by atoms with Gasteiger partial charge in [-0.05, 0) is 54.6 Å². The lowest BCUT2D eigenvalue weighted by molar-refractivity contribution is 0.668. The van der Waals surface area contributed by atoms with E-state index in [4.69, 9.17) is 8.83 Å². The van der Waals surface area contributed by atoms with Crippen LogP contribution in [0.5, 0.6) is 0 Å². The average Bonchev–Trinajstić information content (AvgIpc) is 3.85. The van der Waals surface area contributed by atoms with Gasteiger partial charge in [0.05, 0.1) is 27.8 Å². The molecule has 0 atom stereocenters. The normalized spacial score (nSPS) is 12.3. The number of benzene rings is 7. The largest absolute Gasteiger partial charge is 0.456 e. The van der Waals surface area contributed by atoms with E-state index in [9.17, 15) is 0 Å². The first-order valence-corrected chi connectivity index (χ1v) is 15.6. The third kappa shape index (κ3) is 3.07. The van der Waals surface area contributed by atoms with Gasteiger partial charge in [0.25, 0.3) is 0 Å². The molecule has 0 aliphatic rings. The Morgan fingerprint density at radius 2 is 0.739 bits per heavy atom. The van der Waals surface area contributed by atoms with Crippen molar-refractivity contribution in [2.75, 3.05) is 0 Å². The summed E-state index contributed by atoms with van der Waals surface area (Å²) < 4.78 is 17.5. The third-order valence-corrected chi connectivity index (χ3v) is 9.71. The van der Waals surface area contributed by atoms with Crippen molar-refractivity contribution >= 4 is 87.5 Å². The van der Waals surface area contributed by atoms with Crippen LogP contribution in [0.4, 0.5) is 0 Å². The second-order valence-electron chi connectivity index (χ2n) is 12.1. The van der Waals surface area contributed by atoms with Gasteiger partial charge in [-0.2, -0.15) is 0 Å². The Bertz CT molecular complexity index is 3040. The third-order valence-electron chi connectivity index (χ3n) is 9.71. The Labute approximate surface area is 261 Å². The molecule has 0 fully saturated rings. The minimum Gasteiger partial charge on any atom is -0.456 e. The lowest BCUT2D eigenvalue weighted by Crippen LogP contribution is -1.98. The zero-order valence-corrected chi connectivity index (χ0v) is 24.6. The molecule has 4 heterocycles. The van der Waals surface area contributed by atoms with E-state index in [1.165, 1.54) is 38.1 Å². The average molecular weight is 589 g/mol. The van der Waals surface area contributed by atoms with Crippen molar-refractivity contribution in [3.05, 3.63) is 146 Å². The van der Waals surface area contributed by atoms with Gasteiger partial charge in [0, 0.05) is 54.8 Å². The summed E-state index contributed by atoms with van der Waals surface area (Å²) in [5.41, 5.74) is 10.4. The van der Waals surface area contributed by atoms with Crippen LogP contribution in [0.15, 0.2) is 154 Å². The quantitative estimate of drug-likeness (QED) is 0.201. The van der Waals surface area contributed by atoms with Crippen molar-refractivity contribution in [1.82, 2.24) is 9.13 Å². The Morgan fingerprint density at radius 3 is 1.39 bits per heavy atom. The number of furan rings is 2. The monoisotopic (exact) mass is 588 g/mol. The molecule has 214 valence electrons. The van der Waals surface area contributed by atoms with Crippen LogP contribution in [0.2, 0.25) is 0 Å². The number of para-hydroxylation sites is 4. The van der Waals surface area contributed by atoms with Crippen molar-refractivity contribution in [1.29, 1.82) is 0 Å². The van der Waals surface area contributed by atoms with Crippen LogP contribution < -0.4 is 0 Å². The highest BCUT2D eigenvalue weighted by molar-refractivity contribution is 6.24. The van der Waals surface area contributed by atoms with Crippen molar-refractivity contribution in [3.63, 3.8) is 0 Å². The van der Waals surface area contributed by atoms with Gasteiger partial charge >= 0.3 is 0 Å². The molecule has 0 aliphatic carbocycles. The Morgan fingerprint density at radius 1 is 0.304 bits per heavy atom. The summed E-state index contributed by atoms with van der Waals surface area (Å²) in [6.45, 7) is 0. The van der Waals surface area contributed by atoms with Gasteiger partial charge in [0.2, 0.25) is 0 Å². The van der Waals surface area contributed by atoms with Crippen LogP contribution >= 0.6 is 0 Å². The van der Waals surface area contributed by atoms with Gasteiger partial charge in [0.1, 0.15) is 22.3 Å². The molecule has 0 aliphatic heterocycles. The molecule has 0 radical (unpaired) electrons. The van der Waals surface area contributed by atoms with Crippen LogP contribution in [0.3, 0.4) is 0 Å². The fourth-order valence-corrected chi connectivity index (χ4v) is 7.74. The van der Waals surface area contributed by atoms with Gasteiger partial charge in [-0.1, -0.05) is 84.9 Å². The van der Waals surface area contributed by atoms with Crippen LogP contribution in [0, 0.1) is 0 Å². The summed E-state index contributed by atoms with van der Waals surface area (Å²) >= 11 is 0. The van der Waals surface area contributed by atoms with E-state index >= 15 is 0 Å². The minimum atomic E-state index is 0.884. The Balaban J connectivity index is 1.31. The molecule has 46 heavy (non-hydrogen) atoms. The molecular formula is C42H24N2O2. The van der Waals surface area contributed by atoms with Crippen molar-refractivity contribution in [2.24, 2.45) is 0 Å². The second-order valence-corrected chi connectivity index (χ2v) is 12.1. The van der Waals surface area contributed by atoms with E-state index in [-0.39, 0.29) is 0 Å². The standard InChI is InChI=1S/C42H24N2O2/c1-5-13-35-27(9-1)32-20-21-33-28-10-2-6-14-36(28)44(26-17-19-31-29-11-3-7-15-37(29)46-40(31)24-26)42(33)41(32)43(35)25-18-22-39-34(23-25)30-12-4-8-16-38(30)45-39/h1-24H. The molecule has 11 rings (SSSR count). The molecule has 4 aromatic heterocycles. The van der Waals surface area contributed by atoms with E-state index in [2.05, 4.69) is 130 Å². The first kappa shape index (κ1) is 24.1. The maximum absolute atomic E-state index is 6.38. The van der Waals surface area contributed by atoms with Gasteiger partial charge in [-0.15, -0.1) is 0 Å². The maximum Gasteiger partial charge on any atom is 0.137 e. The SMILES string of the molecule is c1ccc2c(c1)oc1cc(-n3c4ccccc4c4ccc5c6ccccc6n(-c6ccc7oc8ccccc8c7c6)c5c43)ccc12. The summed E-state index contributed by atoms with van der Waals surface area (Å²) in [5, 5.41) is 9.37. The number of hydrogen-bond donors (Lipinski definition) is 0. The lowest BCUT2D eigenvalue weighted by atomic mass is 10.1. The molecule has 0 N–H and O–H groups in total. The van der Waals surface area contributed by atoms with Gasteiger partial charge in [-0.25, -0.2) is 0 Å². The number of rotatable bonds is 2. The summed E-state index contributed by atoms with van der Waals surface area (Å²) in [5.74, 6) is 0. The topological polar surface area (TPSA) is 36.1 Å². The molecule has 0 spiro atoms. The van der Waals surface area contributed by atoms with E-state index in [0.717, 1.165) is 60.8 Å². The summed E-state index contributed by atoms with van der Waals surface area (Å²) in [4.78, 5) is 0. The van der Waals surface area contributed by atoms with Gasteiger partial charge in [0.15, 0.2) is 0 Å². The fourth-order valence-electron chi connectivity index (χ4n) is 7.74. The van der Waals surface area contributed by atoms with Crippen molar-refractivity contribution in [2.45, 2.75) is 0 Å². The molecule has 4 heteroatoms. The highest BCUT2D eigenvalue weighted by Gasteiger charge is 2.22. The van der Waals surface area contributed by atoms with Crippen LogP contribution in [-0.2, 0) is 0 Å². The number of nitrogens with zero attached hydrogens (tertiary/aromatic N) is 2. The van der Waals surface area contributed by atoms with Crippen LogP contribution in [0.25, 0.3) is 98.9 Å². The second kappa shape index (κ2) is 8.68. The van der Waals surface area contributed by atoms with E-state index in [0.29, 0.717) is 0 Å². The smallest absolute Gasteiger partial charge is 0.137 e. The molecule has 0 bridgehead atoms. The molecule has 4 nitrogen and oxygen atoms in total. The Kier molecular flexibility index (Phi) is 4.55. The lowest BCUT2D eigenvalue weighted by Gasteiger charge is -2.13. The maximum atomic E-state index is 6.38. The molecule has 0 saturated heterocycles. The van der Waals surface area contributed by atoms with Crippen molar-refractivity contribution in [3.8, 4) is 11.4 Å².